The number of halogens is 2. The molecule has 0 fully saturated rings. The standard InChI is InChI=1S/C12H15Cl2NO4/c1-7(2)12(3,16)6-19-11-5-9(14)8(13)4-10(11)15(17)18/h4-5,7,16H,6H2,1-3H3. The molecule has 0 aliphatic rings. The van der Waals surface area contributed by atoms with Crippen LogP contribution in [0.25, 0.3) is 0 Å². The Labute approximate surface area is 121 Å². The van der Waals surface area contributed by atoms with Crippen LogP contribution in [0.4, 0.5) is 5.69 Å². The van der Waals surface area contributed by atoms with Crippen LogP contribution in [-0.4, -0.2) is 22.2 Å². The van der Waals surface area contributed by atoms with Crippen LogP contribution in [0.15, 0.2) is 12.1 Å². The molecule has 106 valence electrons. The van der Waals surface area contributed by atoms with E-state index in [4.69, 9.17) is 27.9 Å². The first kappa shape index (κ1) is 16.0. The quantitative estimate of drug-likeness (QED) is 0.665. The van der Waals surface area contributed by atoms with Crippen molar-refractivity contribution >= 4 is 28.9 Å². The maximum atomic E-state index is 10.9. The third kappa shape index (κ3) is 3.96. The minimum Gasteiger partial charge on any atom is -0.484 e. The summed E-state index contributed by atoms with van der Waals surface area (Å²) < 4.78 is 5.33. The summed E-state index contributed by atoms with van der Waals surface area (Å²) in [5, 5.41) is 21.2. The number of benzene rings is 1. The van der Waals surface area contributed by atoms with Gasteiger partial charge in [0.05, 0.1) is 20.6 Å². The molecule has 19 heavy (non-hydrogen) atoms. The summed E-state index contributed by atoms with van der Waals surface area (Å²) in [6, 6.07) is 2.40. The number of hydrogen-bond donors (Lipinski definition) is 1. The van der Waals surface area contributed by atoms with Crippen LogP contribution < -0.4 is 4.74 Å². The van der Waals surface area contributed by atoms with Crippen molar-refractivity contribution in [3.05, 3.63) is 32.3 Å². The van der Waals surface area contributed by atoms with Crippen molar-refractivity contribution in [2.45, 2.75) is 26.4 Å². The first-order valence-corrected chi connectivity index (χ1v) is 6.39. The van der Waals surface area contributed by atoms with Gasteiger partial charge in [-0.3, -0.25) is 10.1 Å². The first-order valence-electron chi connectivity index (χ1n) is 5.63. The minimum absolute atomic E-state index is 0.0136. The molecule has 0 saturated heterocycles. The van der Waals surface area contributed by atoms with Gasteiger partial charge in [0.15, 0.2) is 5.75 Å². The number of nitro groups is 1. The van der Waals surface area contributed by atoms with E-state index in [0.717, 1.165) is 6.07 Å². The van der Waals surface area contributed by atoms with Crippen molar-refractivity contribution in [3.8, 4) is 5.75 Å². The van der Waals surface area contributed by atoms with E-state index in [1.54, 1.807) is 6.92 Å². The van der Waals surface area contributed by atoms with Crippen LogP contribution in [0.5, 0.6) is 5.75 Å². The molecule has 7 heteroatoms. The van der Waals surface area contributed by atoms with E-state index in [1.165, 1.54) is 6.07 Å². The SMILES string of the molecule is CC(C)C(C)(O)COc1cc(Cl)c(Cl)cc1[N+](=O)[O-]. The van der Waals surface area contributed by atoms with Gasteiger partial charge in [-0.25, -0.2) is 0 Å². The lowest BCUT2D eigenvalue weighted by atomic mass is 9.94. The molecule has 5 nitrogen and oxygen atoms in total. The first-order chi connectivity index (χ1) is 8.65. The topological polar surface area (TPSA) is 72.6 Å². The largest absolute Gasteiger partial charge is 0.484 e. The number of aliphatic hydroxyl groups is 1. The predicted molar refractivity (Wildman–Crippen MR) is 74.1 cm³/mol. The lowest BCUT2D eigenvalue weighted by molar-refractivity contribution is -0.386. The van der Waals surface area contributed by atoms with Gasteiger partial charge in [-0.15, -0.1) is 0 Å². The summed E-state index contributed by atoms with van der Waals surface area (Å²) in [5.41, 5.74) is -1.38. The summed E-state index contributed by atoms with van der Waals surface area (Å²) in [4.78, 5) is 10.3. The van der Waals surface area contributed by atoms with Gasteiger partial charge in [-0.2, -0.15) is 0 Å². The van der Waals surface area contributed by atoms with Gasteiger partial charge >= 0.3 is 5.69 Å². The summed E-state index contributed by atoms with van der Waals surface area (Å²) in [7, 11) is 0. The maximum absolute atomic E-state index is 10.9. The Morgan fingerprint density at radius 2 is 1.95 bits per heavy atom. The second-order valence-corrected chi connectivity index (χ2v) is 5.61. The smallest absolute Gasteiger partial charge is 0.312 e. The Hall–Kier alpha value is -1.04. The van der Waals surface area contributed by atoms with Crippen LogP contribution in [0.3, 0.4) is 0 Å². The van der Waals surface area contributed by atoms with Gasteiger partial charge < -0.3 is 9.84 Å². The van der Waals surface area contributed by atoms with Crippen molar-refractivity contribution in [2.24, 2.45) is 5.92 Å². The molecule has 1 unspecified atom stereocenters. The van der Waals surface area contributed by atoms with Gasteiger partial charge in [0.25, 0.3) is 0 Å². The van der Waals surface area contributed by atoms with Gasteiger partial charge in [-0.1, -0.05) is 37.0 Å². The second kappa shape index (κ2) is 5.94. The van der Waals surface area contributed by atoms with Crippen molar-refractivity contribution in [1.29, 1.82) is 0 Å². The molecular formula is C12H15Cl2NO4. The molecule has 1 N–H and O–H groups in total. The molecule has 1 aromatic rings. The molecule has 1 atom stereocenters. The molecule has 0 aromatic heterocycles. The van der Waals surface area contributed by atoms with Crippen LogP contribution in [0.1, 0.15) is 20.8 Å². The molecule has 0 aliphatic heterocycles. The molecule has 1 aromatic carbocycles. The lowest BCUT2D eigenvalue weighted by Crippen LogP contribution is -2.37. The van der Waals surface area contributed by atoms with E-state index in [-0.39, 0.29) is 34.0 Å². The van der Waals surface area contributed by atoms with Gasteiger partial charge in [0.2, 0.25) is 0 Å². The normalized spacial score (nSPS) is 14.3. The Morgan fingerprint density at radius 3 is 2.42 bits per heavy atom. The predicted octanol–water partition coefficient (Wildman–Crippen LogP) is 3.69. The number of nitro benzene ring substituents is 1. The van der Waals surface area contributed by atoms with Gasteiger partial charge in [-0.05, 0) is 12.8 Å². The number of nitrogens with zero attached hydrogens (tertiary/aromatic N) is 1. The van der Waals surface area contributed by atoms with Crippen LogP contribution >= 0.6 is 23.2 Å². The fourth-order valence-corrected chi connectivity index (χ4v) is 1.48. The van der Waals surface area contributed by atoms with Crippen LogP contribution in [0.2, 0.25) is 10.0 Å². The van der Waals surface area contributed by atoms with Crippen molar-refractivity contribution in [3.63, 3.8) is 0 Å². The Kier molecular flexibility index (Phi) is 5.01. The Bertz CT molecular complexity index is 489. The molecule has 0 saturated carbocycles. The lowest BCUT2D eigenvalue weighted by Gasteiger charge is -2.27. The highest BCUT2D eigenvalue weighted by atomic mass is 35.5. The Morgan fingerprint density at radius 1 is 1.42 bits per heavy atom. The number of rotatable bonds is 5. The second-order valence-electron chi connectivity index (χ2n) is 4.79. The molecule has 0 aliphatic carbocycles. The minimum atomic E-state index is -1.10. The van der Waals surface area contributed by atoms with Gasteiger partial charge in [0.1, 0.15) is 6.61 Å². The van der Waals surface area contributed by atoms with Crippen molar-refractivity contribution < 1.29 is 14.8 Å². The van der Waals surface area contributed by atoms with E-state index in [9.17, 15) is 15.2 Å². The van der Waals surface area contributed by atoms with E-state index >= 15 is 0 Å². The van der Waals surface area contributed by atoms with Crippen LogP contribution in [-0.2, 0) is 0 Å². The molecule has 0 radical (unpaired) electrons. The molecule has 1 rings (SSSR count). The third-order valence-corrected chi connectivity index (χ3v) is 3.68. The number of hydrogen-bond acceptors (Lipinski definition) is 4. The van der Waals surface area contributed by atoms with E-state index in [1.807, 2.05) is 13.8 Å². The van der Waals surface area contributed by atoms with Crippen LogP contribution in [0, 0.1) is 16.0 Å². The molecular weight excluding hydrogens is 293 g/mol. The third-order valence-electron chi connectivity index (χ3n) is 2.96. The van der Waals surface area contributed by atoms with Crippen molar-refractivity contribution in [2.75, 3.05) is 6.61 Å². The summed E-state index contributed by atoms with van der Waals surface area (Å²) in [6.07, 6.45) is 0. The summed E-state index contributed by atoms with van der Waals surface area (Å²) >= 11 is 11.5. The zero-order valence-electron chi connectivity index (χ0n) is 10.8. The summed E-state index contributed by atoms with van der Waals surface area (Å²) in [6.45, 7) is 5.17. The fraction of sp³-hybridized carbons (Fsp3) is 0.500. The zero-order valence-corrected chi connectivity index (χ0v) is 12.3. The highest BCUT2D eigenvalue weighted by Crippen LogP contribution is 2.36. The van der Waals surface area contributed by atoms with Gasteiger partial charge in [0, 0.05) is 12.1 Å². The average Bonchev–Trinajstić information content (AvgIpc) is 2.29. The highest BCUT2D eigenvalue weighted by Gasteiger charge is 2.28. The fourth-order valence-electron chi connectivity index (χ4n) is 1.17. The monoisotopic (exact) mass is 307 g/mol. The van der Waals surface area contributed by atoms with E-state index in [2.05, 4.69) is 0 Å². The van der Waals surface area contributed by atoms with E-state index < -0.39 is 10.5 Å². The summed E-state index contributed by atoms with van der Waals surface area (Å²) in [5.74, 6) is -0.0744. The molecule has 0 amide bonds. The average molecular weight is 308 g/mol. The maximum Gasteiger partial charge on any atom is 0.312 e. The highest BCUT2D eigenvalue weighted by molar-refractivity contribution is 6.42. The molecule has 0 heterocycles. The van der Waals surface area contributed by atoms with E-state index in [0.29, 0.717) is 0 Å². The van der Waals surface area contributed by atoms with Crippen molar-refractivity contribution in [1.82, 2.24) is 0 Å². The zero-order chi connectivity index (χ0) is 14.8. The number of ether oxygens (including phenoxy) is 1. The molecule has 0 spiro atoms. The Balaban J connectivity index is 3.01. The molecule has 0 bridgehead atoms.